The first kappa shape index (κ1) is 12.7. The van der Waals surface area contributed by atoms with Gasteiger partial charge < -0.3 is 4.90 Å². The van der Waals surface area contributed by atoms with Crippen LogP contribution in [0.1, 0.15) is 46.5 Å². The van der Waals surface area contributed by atoms with Gasteiger partial charge >= 0.3 is 0 Å². The molecule has 2 heteroatoms. The Labute approximate surface area is 94.0 Å². The van der Waals surface area contributed by atoms with Gasteiger partial charge in [-0.15, -0.1) is 0 Å². The lowest BCUT2D eigenvalue weighted by molar-refractivity contribution is -0.125. The summed E-state index contributed by atoms with van der Waals surface area (Å²) in [5.41, 5.74) is 0.326. The summed E-state index contributed by atoms with van der Waals surface area (Å²) in [6, 6.07) is 0. The minimum Gasteiger partial charge on any atom is -0.305 e. The number of hydrogen-bond acceptors (Lipinski definition) is 2. The lowest BCUT2D eigenvalue weighted by atomic mass is 9.87. The van der Waals surface area contributed by atoms with Crippen LogP contribution in [0.2, 0.25) is 0 Å². The van der Waals surface area contributed by atoms with Crippen LogP contribution in [0.3, 0.4) is 0 Å². The number of Topliss-reactive ketones (excluding diaryl/α,β-unsaturated/α-hetero) is 1. The summed E-state index contributed by atoms with van der Waals surface area (Å²) >= 11 is 0. The average molecular weight is 211 g/mol. The summed E-state index contributed by atoms with van der Waals surface area (Å²) in [6.45, 7) is 8.75. The average Bonchev–Trinajstić information content (AvgIpc) is 2.05. The van der Waals surface area contributed by atoms with Crippen molar-refractivity contribution in [2.24, 2.45) is 11.3 Å². The van der Waals surface area contributed by atoms with E-state index in [1.165, 1.54) is 6.42 Å². The minimum absolute atomic E-state index is 0.311. The van der Waals surface area contributed by atoms with Crippen molar-refractivity contribution in [3.8, 4) is 0 Å². The second-order valence-corrected chi connectivity index (χ2v) is 6.17. The Bertz CT molecular complexity index is 217. The van der Waals surface area contributed by atoms with Crippen molar-refractivity contribution < 1.29 is 4.79 Å². The van der Waals surface area contributed by atoms with E-state index < -0.39 is 0 Å². The van der Waals surface area contributed by atoms with E-state index in [1.54, 1.807) is 0 Å². The Morgan fingerprint density at radius 1 is 1.33 bits per heavy atom. The fourth-order valence-electron chi connectivity index (χ4n) is 2.50. The van der Waals surface area contributed by atoms with Gasteiger partial charge in [0.1, 0.15) is 5.78 Å². The molecular weight excluding hydrogens is 186 g/mol. The topological polar surface area (TPSA) is 20.3 Å². The quantitative estimate of drug-likeness (QED) is 0.715. The van der Waals surface area contributed by atoms with Crippen molar-refractivity contribution in [3.63, 3.8) is 0 Å². The van der Waals surface area contributed by atoms with Gasteiger partial charge in [0.2, 0.25) is 0 Å². The minimum atomic E-state index is 0.311. The first-order chi connectivity index (χ1) is 6.88. The second-order valence-electron chi connectivity index (χ2n) is 6.17. The molecule has 0 aromatic heterocycles. The molecule has 0 heterocycles. The van der Waals surface area contributed by atoms with Crippen molar-refractivity contribution in [1.82, 2.24) is 4.90 Å². The van der Waals surface area contributed by atoms with Gasteiger partial charge in [-0.25, -0.2) is 0 Å². The Kier molecular flexibility index (Phi) is 4.32. The van der Waals surface area contributed by atoms with Crippen LogP contribution in [-0.4, -0.2) is 30.8 Å². The lowest BCUT2D eigenvalue weighted by Crippen LogP contribution is -2.36. The normalized spacial score (nSPS) is 23.5. The maximum absolute atomic E-state index is 11.7. The molecule has 0 amide bonds. The van der Waals surface area contributed by atoms with Gasteiger partial charge in [-0.3, -0.25) is 4.79 Å². The molecule has 0 radical (unpaired) electrons. The van der Waals surface area contributed by atoms with Gasteiger partial charge in [0.05, 0.1) is 0 Å². The van der Waals surface area contributed by atoms with E-state index in [1.807, 2.05) is 0 Å². The number of rotatable bonds is 3. The standard InChI is InChI=1S/C13H25NO/c1-13(2,3)10-14(4)9-11-7-5-6-8-12(11)15/h11H,5-10H2,1-4H3. The van der Waals surface area contributed by atoms with E-state index >= 15 is 0 Å². The molecule has 0 saturated heterocycles. The molecule has 0 bridgehead atoms. The summed E-state index contributed by atoms with van der Waals surface area (Å²) < 4.78 is 0. The SMILES string of the molecule is CN(CC1CCCCC1=O)CC(C)(C)C. The molecule has 15 heavy (non-hydrogen) atoms. The van der Waals surface area contributed by atoms with E-state index in [0.29, 0.717) is 17.1 Å². The predicted octanol–water partition coefficient (Wildman–Crippen LogP) is 2.72. The van der Waals surface area contributed by atoms with Crippen molar-refractivity contribution >= 4 is 5.78 Å². The number of carbonyl (C=O) groups excluding carboxylic acids is 1. The van der Waals surface area contributed by atoms with E-state index in [2.05, 4.69) is 32.7 Å². The monoisotopic (exact) mass is 211 g/mol. The summed E-state index contributed by atoms with van der Waals surface area (Å²) in [5, 5.41) is 0. The zero-order valence-electron chi connectivity index (χ0n) is 10.7. The van der Waals surface area contributed by atoms with E-state index in [4.69, 9.17) is 0 Å². The van der Waals surface area contributed by atoms with Crippen LogP contribution >= 0.6 is 0 Å². The molecule has 0 aliphatic heterocycles. The van der Waals surface area contributed by atoms with Gasteiger partial charge in [-0.05, 0) is 25.3 Å². The smallest absolute Gasteiger partial charge is 0.137 e. The highest BCUT2D eigenvalue weighted by Crippen LogP contribution is 2.22. The molecule has 1 aliphatic rings. The van der Waals surface area contributed by atoms with Crippen molar-refractivity contribution in [2.75, 3.05) is 20.1 Å². The number of nitrogens with zero attached hydrogens (tertiary/aromatic N) is 1. The predicted molar refractivity (Wildman–Crippen MR) is 63.9 cm³/mol. The van der Waals surface area contributed by atoms with Gasteiger partial charge in [0.25, 0.3) is 0 Å². The van der Waals surface area contributed by atoms with E-state index in [0.717, 1.165) is 32.4 Å². The molecule has 1 unspecified atom stereocenters. The number of ketones is 1. The van der Waals surface area contributed by atoms with Crippen LogP contribution in [0.25, 0.3) is 0 Å². The molecule has 0 N–H and O–H groups in total. The van der Waals surface area contributed by atoms with E-state index in [9.17, 15) is 4.79 Å². The fraction of sp³-hybridized carbons (Fsp3) is 0.923. The van der Waals surface area contributed by atoms with E-state index in [-0.39, 0.29) is 0 Å². The third kappa shape index (κ3) is 4.78. The molecule has 1 atom stereocenters. The van der Waals surface area contributed by atoms with Crippen LogP contribution in [0.5, 0.6) is 0 Å². The van der Waals surface area contributed by atoms with Crippen molar-refractivity contribution in [2.45, 2.75) is 46.5 Å². The highest BCUT2D eigenvalue weighted by atomic mass is 16.1. The Balaban J connectivity index is 2.36. The Morgan fingerprint density at radius 2 is 2.00 bits per heavy atom. The molecule has 88 valence electrons. The van der Waals surface area contributed by atoms with Crippen molar-refractivity contribution in [1.29, 1.82) is 0 Å². The van der Waals surface area contributed by atoms with Crippen LogP contribution < -0.4 is 0 Å². The molecule has 0 aromatic rings. The maximum atomic E-state index is 11.7. The van der Waals surface area contributed by atoms with Gasteiger partial charge in [0.15, 0.2) is 0 Å². The summed E-state index contributed by atoms with van der Waals surface area (Å²) in [6.07, 6.45) is 4.26. The van der Waals surface area contributed by atoms with Crippen LogP contribution in [-0.2, 0) is 4.79 Å². The van der Waals surface area contributed by atoms with Crippen LogP contribution in [0, 0.1) is 11.3 Å². The van der Waals surface area contributed by atoms with Crippen molar-refractivity contribution in [3.05, 3.63) is 0 Å². The third-order valence-electron chi connectivity index (χ3n) is 2.96. The maximum Gasteiger partial charge on any atom is 0.137 e. The lowest BCUT2D eigenvalue weighted by Gasteiger charge is -2.30. The highest BCUT2D eigenvalue weighted by Gasteiger charge is 2.24. The molecule has 1 fully saturated rings. The summed E-state index contributed by atoms with van der Waals surface area (Å²) in [7, 11) is 2.13. The molecule has 0 aromatic carbocycles. The first-order valence-corrected chi connectivity index (χ1v) is 6.10. The third-order valence-corrected chi connectivity index (χ3v) is 2.96. The zero-order valence-corrected chi connectivity index (χ0v) is 10.7. The summed E-state index contributed by atoms with van der Waals surface area (Å²) in [4.78, 5) is 14.0. The fourth-order valence-corrected chi connectivity index (χ4v) is 2.50. The molecular formula is C13H25NO. The van der Waals surface area contributed by atoms with Crippen LogP contribution in [0.4, 0.5) is 0 Å². The Hall–Kier alpha value is -0.370. The molecule has 2 nitrogen and oxygen atoms in total. The number of hydrogen-bond donors (Lipinski definition) is 0. The zero-order chi connectivity index (χ0) is 11.5. The first-order valence-electron chi connectivity index (χ1n) is 6.10. The highest BCUT2D eigenvalue weighted by molar-refractivity contribution is 5.81. The molecule has 1 saturated carbocycles. The summed E-state index contributed by atoms with van der Waals surface area (Å²) in [5.74, 6) is 0.799. The second kappa shape index (κ2) is 5.11. The van der Waals surface area contributed by atoms with Gasteiger partial charge in [-0.2, -0.15) is 0 Å². The van der Waals surface area contributed by atoms with Gasteiger partial charge in [0, 0.05) is 25.4 Å². The molecule has 1 aliphatic carbocycles. The number of carbonyl (C=O) groups is 1. The van der Waals surface area contributed by atoms with Gasteiger partial charge in [-0.1, -0.05) is 27.2 Å². The Morgan fingerprint density at radius 3 is 2.53 bits per heavy atom. The molecule has 1 rings (SSSR count). The van der Waals surface area contributed by atoms with Crippen LogP contribution in [0.15, 0.2) is 0 Å². The molecule has 0 spiro atoms. The largest absolute Gasteiger partial charge is 0.305 e.